The lowest BCUT2D eigenvalue weighted by atomic mass is 9.59. The van der Waals surface area contributed by atoms with E-state index in [1.54, 1.807) is 19.1 Å². The van der Waals surface area contributed by atoms with Crippen LogP contribution < -0.4 is 4.74 Å². The van der Waals surface area contributed by atoms with Crippen molar-refractivity contribution in [1.29, 1.82) is 0 Å². The summed E-state index contributed by atoms with van der Waals surface area (Å²) in [6.45, 7) is 1.60. The molecule has 0 bridgehead atoms. The van der Waals surface area contributed by atoms with Gasteiger partial charge in [-0.05, 0) is 44.2 Å². The molecule has 9 heteroatoms. The molecular formula is C28H27NO8. The normalized spacial score (nSPS) is 26.9. The van der Waals surface area contributed by atoms with Gasteiger partial charge in [0.2, 0.25) is 11.8 Å². The quantitative estimate of drug-likeness (QED) is 0.342. The number of Topliss-reactive ketones (excluding diaryl/α,β-unsaturated/α-hetero) is 1. The molecule has 5 rings (SSSR count). The van der Waals surface area contributed by atoms with Crippen LogP contribution in [0.15, 0.2) is 52.6 Å². The van der Waals surface area contributed by atoms with E-state index in [-0.39, 0.29) is 61.4 Å². The molecule has 1 heterocycles. The van der Waals surface area contributed by atoms with Crippen molar-refractivity contribution in [2.45, 2.75) is 38.5 Å². The molecule has 4 aliphatic rings. The van der Waals surface area contributed by atoms with E-state index in [1.807, 2.05) is 6.08 Å². The van der Waals surface area contributed by atoms with Gasteiger partial charge in [0.25, 0.3) is 0 Å². The number of hydrogen-bond donors (Lipinski definition) is 2. The minimum absolute atomic E-state index is 0.0227. The minimum Gasteiger partial charge on any atom is -0.507 e. The molecule has 1 aromatic rings. The van der Waals surface area contributed by atoms with Gasteiger partial charge in [-0.2, -0.15) is 0 Å². The van der Waals surface area contributed by atoms with Crippen LogP contribution in [0.2, 0.25) is 0 Å². The number of nitrogens with zero attached hydrogens (tertiary/aromatic N) is 1. The van der Waals surface area contributed by atoms with E-state index in [0.29, 0.717) is 28.0 Å². The number of aromatic hydroxyl groups is 1. The van der Waals surface area contributed by atoms with Crippen molar-refractivity contribution in [3.8, 4) is 11.5 Å². The molecule has 4 atom stereocenters. The predicted molar refractivity (Wildman–Crippen MR) is 130 cm³/mol. The van der Waals surface area contributed by atoms with Gasteiger partial charge in [-0.3, -0.25) is 28.9 Å². The SMILES string of the molecule is COc1ccc([C@H]2C3=CC[C@@H]4C(=O)N(CCCC(=O)O)C(=O)[C@@H]4[C@@H]3CC3=C2C(=O)C=C(C)C3=O)c(O)c1. The van der Waals surface area contributed by atoms with E-state index in [0.717, 1.165) is 10.5 Å². The molecule has 1 aliphatic heterocycles. The highest BCUT2D eigenvalue weighted by Crippen LogP contribution is 2.56. The van der Waals surface area contributed by atoms with E-state index in [4.69, 9.17) is 9.84 Å². The lowest BCUT2D eigenvalue weighted by Gasteiger charge is -2.42. The second-order valence-corrected chi connectivity index (χ2v) is 9.98. The first-order valence-corrected chi connectivity index (χ1v) is 12.3. The van der Waals surface area contributed by atoms with Gasteiger partial charge in [0.1, 0.15) is 11.5 Å². The Morgan fingerprint density at radius 3 is 2.57 bits per heavy atom. The number of ketones is 2. The molecule has 1 fully saturated rings. The smallest absolute Gasteiger partial charge is 0.303 e. The van der Waals surface area contributed by atoms with Crippen molar-refractivity contribution in [2.24, 2.45) is 17.8 Å². The number of hydrogen-bond acceptors (Lipinski definition) is 7. The number of carbonyl (C=O) groups excluding carboxylic acids is 4. The Kier molecular flexibility index (Phi) is 6.09. The zero-order valence-corrected chi connectivity index (χ0v) is 20.5. The van der Waals surface area contributed by atoms with Crippen LogP contribution in [-0.2, 0) is 24.0 Å². The number of phenols is 1. The van der Waals surface area contributed by atoms with Crippen molar-refractivity contribution < 1.29 is 38.9 Å². The number of carbonyl (C=O) groups is 5. The number of carboxylic acids is 1. The van der Waals surface area contributed by atoms with Gasteiger partial charge >= 0.3 is 5.97 Å². The van der Waals surface area contributed by atoms with Gasteiger partial charge in [0.05, 0.1) is 18.9 Å². The van der Waals surface area contributed by atoms with E-state index in [2.05, 4.69) is 0 Å². The second kappa shape index (κ2) is 9.14. The first-order chi connectivity index (χ1) is 17.6. The topological polar surface area (TPSA) is 138 Å². The molecule has 0 radical (unpaired) electrons. The molecule has 9 nitrogen and oxygen atoms in total. The number of amides is 2. The first-order valence-electron chi connectivity index (χ1n) is 12.3. The van der Waals surface area contributed by atoms with Crippen molar-refractivity contribution in [2.75, 3.05) is 13.7 Å². The predicted octanol–water partition coefficient (Wildman–Crippen LogP) is 2.70. The fourth-order valence-electron chi connectivity index (χ4n) is 6.31. The summed E-state index contributed by atoms with van der Waals surface area (Å²) in [6.07, 6.45) is 3.62. The number of carboxylic acid groups (broad SMARTS) is 1. The van der Waals surface area contributed by atoms with Crippen LogP contribution in [0.5, 0.6) is 11.5 Å². The van der Waals surface area contributed by atoms with E-state index < -0.39 is 29.6 Å². The van der Waals surface area contributed by atoms with Crippen molar-refractivity contribution in [3.63, 3.8) is 0 Å². The molecule has 3 aliphatic carbocycles. The molecule has 2 N–H and O–H groups in total. The van der Waals surface area contributed by atoms with Crippen LogP contribution in [0, 0.1) is 17.8 Å². The molecule has 1 saturated heterocycles. The van der Waals surface area contributed by atoms with Crippen molar-refractivity contribution in [3.05, 3.63) is 58.2 Å². The fraction of sp³-hybridized carbons (Fsp3) is 0.393. The third kappa shape index (κ3) is 3.89. The van der Waals surface area contributed by atoms with Crippen LogP contribution >= 0.6 is 0 Å². The Morgan fingerprint density at radius 2 is 1.89 bits per heavy atom. The van der Waals surface area contributed by atoms with Crippen LogP contribution in [0.1, 0.15) is 44.1 Å². The highest BCUT2D eigenvalue weighted by molar-refractivity contribution is 6.23. The van der Waals surface area contributed by atoms with Crippen LogP contribution in [-0.4, -0.2) is 58.1 Å². The van der Waals surface area contributed by atoms with Gasteiger partial charge in [0, 0.05) is 47.2 Å². The molecular weight excluding hydrogens is 478 g/mol. The Hall–Kier alpha value is -4.01. The molecule has 0 saturated carbocycles. The zero-order chi connectivity index (χ0) is 26.6. The highest BCUT2D eigenvalue weighted by Gasteiger charge is 2.56. The summed E-state index contributed by atoms with van der Waals surface area (Å²) in [5.41, 5.74) is 2.09. The zero-order valence-electron chi connectivity index (χ0n) is 20.5. The average molecular weight is 506 g/mol. The Balaban J connectivity index is 1.59. The van der Waals surface area contributed by atoms with Gasteiger partial charge in [-0.15, -0.1) is 0 Å². The standard InChI is InChI=1S/C28H27NO8/c1-13-10-21(31)25-19(26(13)34)12-18-15(23(25)16-6-5-14(37-2)11-20(16)30)7-8-17-24(18)28(36)29(27(17)35)9-3-4-22(32)33/h5-7,10-11,17-18,23-24,30H,3-4,8-9,12H2,1-2H3,(H,32,33)/t17-,18+,23+,24-/m0/s1. The average Bonchev–Trinajstić information content (AvgIpc) is 3.11. The number of methoxy groups -OCH3 is 1. The number of phenolic OH excluding ortho intramolecular Hbond substituents is 1. The Labute approximate surface area is 213 Å². The number of fused-ring (bicyclic) bond motifs is 3. The number of rotatable bonds is 6. The first kappa shape index (κ1) is 24.7. The lowest BCUT2D eigenvalue weighted by molar-refractivity contribution is -0.142. The maximum atomic E-state index is 13.5. The largest absolute Gasteiger partial charge is 0.507 e. The van der Waals surface area contributed by atoms with Crippen LogP contribution in [0.25, 0.3) is 0 Å². The van der Waals surface area contributed by atoms with E-state index >= 15 is 0 Å². The van der Waals surface area contributed by atoms with E-state index in [9.17, 15) is 29.1 Å². The third-order valence-electron chi connectivity index (χ3n) is 7.97. The van der Waals surface area contributed by atoms with Crippen LogP contribution in [0.3, 0.4) is 0 Å². The second-order valence-electron chi connectivity index (χ2n) is 9.98. The summed E-state index contributed by atoms with van der Waals surface area (Å²) in [5.74, 6) is -4.54. The summed E-state index contributed by atoms with van der Waals surface area (Å²) in [4.78, 5) is 65.3. The number of aliphatic carboxylic acids is 1. The van der Waals surface area contributed by atoms with Crippen LogP contribution in [0.4, 0.5) is 0 Å². The van der Waals surface area contributed by atoms with Gasteiger partial charge in [0.15, 0.2) is 11.6 Å². The number of likely N-dealkylation sites (tertiary alicyclic amines) is 1. The Morgan fingerprint density at radius 1 is 1.14 bits per heavy atom. The molecule has 2 amide bonds. The number of imide groups is 1. The molecule has 192 valence electrons. The maximum Gasteiger partial charge on any atom is 0.303 e. The number of ether oxygens (including phenoxy) is 1. The number of benzene rings is 1. The minimum atomic E-state index is -1.00. The number of allylic oxidation sites excluding steroid dienone is 6. The molecule has 0 spiro atoms. The maximum absolute atomic E-state index is 13.5. The fourth-order valence-corrected chi connectivity index (χ4v) is 6.31. The lowest BCUT2D eigenvalue weighted by Crippen LogP contribution is -2.39. The molecule has 0 aromatic heterocycles. The van der Waals surface area contributed by atoms with Gasteiger partial charge < -0.3 is 14.9 Å². The summed E-state index contributed by atoms with van der Waals surface area (Å²) in [6, 6.07) is 4.76. The van der Waals surface area contributed by atoms with Gasteiger partial charge in [-0.1, -0.05) is 17.7 Å². The van der Waals surface area contributed by atoms with Crippen molar-refractivity contribution >= 4 is 29.4 Å². The monoisotopic (exact) mass is 505 g/mol. The van der Waals surface area contributed by atoms with E-state index in [1.165, 1.54) is 19.3 Å². The summed E-state index contributed by atoms with van der Waals surface area (Å²) >= 11 is 0. The highest BCUT2D eigenvalue weighted by atomic mass is 16.5. The summed E-state index contributed by atoms with van der Waals surface area (Å²) in [7, 11) is 1.47. The van der Waals surface area contributed by atoms with Gasteiger partial charge in [-0.25, -0.2) is 0 Å². The van der Waals surface area contributed by atoms with Crippen molar-refractivity contribution in [1.82, 2.24) is 4.90 Å². The summed E-state index contributed by atoms with van der Waals surface area (Å²) in [5, 5.41) is 19.9. The molecule has 37 heavy (non-hydrogen) atoms. The summed E-state index contributed by atoms with van der Waals surface area (Å²) < 4.78 is 5.20. The molecule has 0 unspecified atom stereocenters. The third-order valence-corrected chi connectivity index (χ3v) is 7.97. The molecule has 1 aromatic carbocycles. The Bertz CT molecular complexity index is 1350.